The van der Waals surface area contributed by atoms with Crippen LogP contribution in [-0.4, -0.2) is 44.8 Å². The molecule has 3 aromatic carbocycles. The van der Waals surface area contributed by atoms with Gasteiger partial charge in [0, 0.05) is 23.6 Å². The number of amides is 2. The second-order valence-corrected chi connectivity index (χ2v) is 10.8. The van der Waals surface area contributed by atoms with E-state index in [0.29, 0.717) is 14.9 Å². The molecule has 11 heteroatoms. The van der Waals surface area contributed by atoms with Crippen molar-refractivity contribution < 1.29 is 22.4 Å². The molecule has 0 bridgehead atoms. The van der Waals surface area contributed by atoms with Crippen molar-refractivity contribution >= 4 is 50.7 Å². The van der Waals surface area contributed by atoms with Crippen LogP contribution in [0.25, 0.3) is 0 Å². The molecule has 0 saturated heterocycles. The Kier molecular flexibility index (Phi) is 9.53. The number of rotatable bonds is 10. The van der Waals surface area contributed by atoms with Crippen LogP contribution in [0.2, 0.25) is 10.0 Å². The van der Waals surface area contributed by atoms with Gasteiger partial charge in [-0.1, -0.05) is 66.5 Å². The fraction of sp³-hybridized carbons (Fsp3) is 0.231. The lowest BCUT2D eigenvalue weighted by Gasteiger charge is -2.33. The van der Waals surface area contributed by atoms with Crippen LogP contribution < -0.4 is 9.62 Å². The highest BCUT2D eigenvalue weighted by molar-refractivity contribution is 7.92. The fourth-order valence-electron chi connectivity index (χ4n) is 3.81. The first kappa shape index (κ1) is 28.4. The Morgan fingerprint density at radius 1 is 1.00 bits per heavy atom. The topological polar surface area (TPSA) is 86.8 Å². The third-order valence-electron chi connectivity index (χ3n) is 5.72. The number of anilines is 1. The number of para-hydroxylation sites is 1. The Hall–Kier alpha value is -3.14. The highest BCUT2D eigenvalue weighted by Crippen LogP contribution is 2.28. The molecule has 0 fully saturated rings. The third-order valence-corrected chi connectivity index (χ3v) is 8.08. The first-order valence-electron chi connectivity index (χ1n) is 11.4. The van der Waals surface area contributed by atoms with Gasteiger partial charge in [0.15, 0.2) is 0 Å². The summed E-state index contributed by atoms with van der Waals surface area (Å²) in [5.41, 5.74) is 0.210. The van der Waals surface area contributed by atoms with E-state index in [1.54, 1.807) is 25.1 Å². The molecule has 0 spiro atoms. The Morgan fingerprint density at radius 3 is 2.24 bits per heavy atom. The first-order valence-corrected chi connectivity index (χ1v) is 13.6. The average Bonchev–Trinajstić information content (AvgIpc) is 2.89. The SMILES string of the molecule is CC[C@@H](C(=O)NC)N(Cc1ccc(Cl)cc1Cl)C(=O)CN(c1ccccc1F)S(=O)(=O)c1ccccc1. The minimum Gasteiger partial charge on any atom is -0.357 e. The van der Waals surface area contributed by atoms with Gasteiger partial charge in [-0.05, 0) is 48.4 Å². The molecule has 196 valence electrons. The summed E-state index contributed by atoms with van der Waals surface area (Å²) in [7, 11) is -2.91. The van der Waals surface area contributed by atoms with Crippen LogP contribution in [0.5, 0.6) is 0 Å². The summed E-state index contributed by atoms with van der Waals surface area (Å²) in [4.78, 5) is 27.6. The Labute approximate surface area is 225 Å². The van der Waals surface area contributed by atoms with Gasteiger partial charge in [0.2, 0.25) is 11.8 Å². The molecule has 0 aliphatic heterocycles. The van der Waals surface area contributed by atoms with Gasteiger partial charge in [-0.25, -0.2) is 12.8 Å². The van der Waals surface area contributed by atoms with E-state index in [4.69, 9.17) is 23.2 Å². The maximum atomic E-state index is 14.9. The first-order chi connectivity index (χ1) is 17.6. The average molecular weight is 566 g/mol. The van der Waals surface area contributed by atoms with Crippen LogP contribution in [0, 0.1) is 5.82 Å². The monoisotopic (exact) mass is 565 g/mol. The van der Waals surface area contributed by atoms with Crippen LogP contribution in [-0.2, 0) is 26.2 Å². The van der Waals surface area contributed by atoms with Crippen LogP contribution >= 0.6 is 23.2 Å². The summed E-state index contributed by atoms with van der Waals surface area (Å²) in [6.07, 6.45) is 0.238. The van der Waals surface area contributed by atoms with Crippen molar-refractivity contribution in [2.45, 2.75) is 30.8 Å². The number of hydrogen-bond acceptors (Lipinski definition) is 4. The van der Waals surface area contributed by atoms with Crippen LogP contribution in [0.1, 0.15) is 18.9 Å². The van der Waals surface area contributed by atoms with Crippen molar-refractivity contribution in [3.8, 4) is 0 Å². The molecule has 0 aliphatic carbocycles. The van der Waals surface area contributed by atoms with E-state index in [1.807, 2.05) is 0 Å². The number of sulfonamides is 1. The van der Waals surface area contributed by atoms with Crippen LogP contribution in [0.3, 0.4) is 0 Å². The van der Waals surface area contributed by atoms with Crippen molar-refractivity contribution in [2.75, 3.05) is 17.9 Å². The third kappa shape index (κ3) is 6.60. The predicted octanol–water partition coefficient (Wildman–Crippen LogP) is 4.88. The molecule has 0 aliphatic rings. The molecule has 0 saturated carbocycles. The van der Waals surface area contributed by atoms with Crippen molar-refractivity contribution in [3.63, 3.8) is 0 Å². The molecule has 0 heterocycles. The Morgan fingerprint density at radius 2 is 1.65 bits per heavy atom. The van der Waals surface area contributed by atoms with Gasteiger partial charge in [0.1, 0.15) is 18.4 Å². The maximum absolute atomic E-state index is 14.9. The summed E-state index contributed by atoms with van der Waals surface area (Å²) in [5, 5.41) is 3.20. The summed E-state index contributed by atoms with van der Waals surface area (Å²) in [6, 6.07) is 16.5. The minimum absolute atomic E-state index is 0.0999. The normalized spacial score (nSPS) is 12.0. The van der Waals surface area contributed by atoms with E-state index in [2.05, 4.69) is 5.32 Å². The molecule has 0 unspecified atom stereocenters. The molecule has 1 N–H and O–H groups in total. The lowest BCUT2D eigenvalue weighted by Crippen LogP contribution is -2.51. The van der Waals surface area contributed by atoms with Gasteiger partial charge >= 0.3 is 0 Å². The molecule has 0 radical (unpaired) electrons. The Balaban J connectivity index is 2.08. The number of nitrogens with one attached hydrogen (secondary N) is 1. The van der Waals surface area contributed by atoms with E-state index in [-0.39, 0.29) is 28.6 Å². The van der Waals surface area contributed by atoms with Crippen LogP contribution in [0.15, 0.2) is 77.7 Å². The number of carbonyl (C=O) groups is 2. The second kappa shape index (κ2) is 12.4. The second-order valence-electron chi connectivity index (χ2n) is 8.07. The van der Waals surface area contributed by atoms with Gasteiger partial charge < -0.3 is 10.2 Å². The van der Waals surface area contributed by atoms with E-state index >= 15 is 0 Å². The number of halogens is 3. The zero-order valence-electron chi connectivity index (χ0n) is 20.2. The predicted molar refractivity (Wildman–Crippen MR) is 143 cm³/mol. The smallest absolute Gasteiger partial charge is 0.264 e. The van der Waals surface area contributed by atoms with Crippen LogP contribution in [0.4, 0.5) is 10.1 Å². The molecule has 0 aromatic heterocycles. The van der Waals surface area contributed by atoms with E-state index in [1.165, 1.54) is 60.5 Å². The summed E-state index contributed by atoms with van der Waals surface area (Å²) < 4.78 is 42.8. The Bertz CT molecular complexity index is 1370. The zero-order chi connectivity index (χ0) is 27.2. The van der Waals surface area contributed by atoms with Gasteiger partial charge in [-0.2, -0.15) is 0 Å². The molecule has 3 aromatic rings. The summed E-state index contributed by atoms with van der Waals surface area (Å²) in [5.74, 6) is -1.98. The fourth-order valence-corrected chi connectivity index (χ4v) is 5.72. The molecular weight excluding hydrogens is 540 g/mol. The van der Waals surface area contributed by atoms with E-state index in [0.717, 1.165) is 6.07 Å². The largest absolute Gasteiger partial charge is 0.357 e. The molecule has 2 amide bonds. The summed E-state index contributed by atoms with van der Waals surface area (Å²) >= 11 is 12.3. The lowest BCUT2D eigenvalue weighted by atomic mass is 10.1. The minimum atomic E-state index is -4.35. The van der Waals surface area contributed by atoms with Gasteiger partial charge in [0.25, 0.3) is 10.0 Å². The molecule has 1 atom stereocenters. The van der Waals surface area contributed by atoms with Crippen molar-refractivity contribution in [2.24, 2.45) is 0 Å². The zero-order valence-corrected chi connectivity index (χ0v) is 22.5. The molecule has 7 nitrogen and oxygen atoms in total. The molecule has 37 heavy (non-hydrogen) atoms. The van der Waals surface area contributed by atoms with E-state index < -0.39 is 40.2 Å². The highest BCUT2D eigenvalue weighted by atomic mass is 35.5. The van der Waals surface area contributed by atoms with Gasteiger partial charge in [0.05, 0.1) is 10.6 Å². The number of nitrogens with zero attached hydrogens (tertiary/aromatic N) is 2. The van der Waals surface area contributed by atoms with Crippen molar-refractivity contribution in [1.82, 2.24) is 10.2 Å². The van der Waals surface area contributed by atoms with Crippen molar-refractivity contribution in [3.05, 3.63) is 94.2 Å². The lowest BCUT2D eigenvalue weighted by molar-refractivity contribution is -0.140. The quantitative estimate of drug-likeness (QED) is 0.379. The maximum Gasteiger partial charge on any atom is 0.264 e. The standard InChI is InChI=1S/C26H26Cl2FN3O4S/c1-3-23(26(34)30-2)31(16-18-13-14-19(27)15-21(18)28)25(33)17-32(24-12-8-7-11-22(24)29)37(35,36)20-9-5-4-6-10-20/h4-15,23H,3,16-17H2,1-2H3,(H,30,34)/t23-/m0/s1. The highest BCUT2D eigenvalue weighted by Gasteiger charge is 2.34. The molecular formula is C26H26Cl2FN3O4S. The number of hydrogen-bond donors (Lipinski definition) is 1. The number of likely N-dealkylation sites (N-methyl/N-ethyl adjacent to an activating group) is 1. The van der Waals surface area contributed by atoms with E-state index in [9.17, 15) is 22.4 Å². The number of carbonyl (C=O) groups excluding carboxylic acids is 2. The molecule has 3 rings (SSSR count). The van der Waals surface area contributed by atoms with Gasteiger partial charge in [-0.15, -0.1) is 0 Å². The van der Waals surface area contributed by atoms with Gasteiger partial charge in [-0.3, -0.25) is 13.9 Å². The number of benzene rings is 3. The summed E-state index contributed by atoms with van der Waals surface area (Å²) in [6.45, 7) is 0.868. The van der Waals surface area contributed by atoms with Crippen molar-refractivity contribution in [1.29, 1.82) is 0 Å².